The Morgan fingerprint density at radius 3 is 1.50 bits per heavy atom. The van der Waals surface area contributed by atoms with E-state index in [0.717, 1.165) is 77.6 Å². The molecule has 0 saturated heterocycles. The third-order valence-electron chi connectivity index (χ3n) is 10.6. The summed E-state index contributed by atoms with van der Waals surface area (Å²) in [5.74, 6) is 1.76. The van der Waals surface area contributed by atoms with Crippen LogP contribution in [0, 0.1) is 0 Å². The van der Waals surface area contributed by atoms with Crippen molar-refractivity contribution < 1.29 is 0 Å². The van der Waals surface area contributed by atoms with Crippen molar-refractivity contribution in [3.63, 3.8) is 0 Å². The van der Waals surface area contributed by atoms with E-state index in [-0.39, 0.29) is 0 Å². The zero-order chi connectivity index (χ0) is 37.0. The molecule has 0 aliphatic heterocycles. The number of fused-ring (bicyclic) bond motifs is 7. The van der Waals surface area contributed by atoms with Crippen molar-refractivity contribution in [2.75, 3.05) is 0 Å². The van der Waals surface area contributed by atoms with Gasteiger partial charge >= 0.3 is 0 Å². The number of hydrogen-bond donors (Lipinski definition) is 0. The zero-order valence-electron chi connectivity index (χ0n) is 30.2. The Balaban J connectivity index is 1.14. The molecule has 0 aliphatic carbocycles. The van der Waals surface area contributed by atoms with E-state index >= 15 is 0 Å². The molecule has 0 spiro atoms. The van der Waals surface area contributed by atoms with Crippen LogP contribution in [0.3, 0.4) is 0 Å². The predicted octanol–water partition coefficient (Wildman–Crippen LogP) is 12.1. The van der Waals surface area contributed by atoms with Gasteiger partial charge in [-0.05, 0) is 42.5 Å². The summed E-state index contributed by atoms with van der Waals surface area (Å²) in [5, 5.41) is 4.59. The van der Waals surface area contributed by atoms with Crippen molar-refractivity contribution in [2.24, 2.45) is 0 Å². The maximum absolute atomic E-state index is 5.30. The van der Waals surface area contributed by atoms with Crippen molar-refractivity contribution in [1.82, 2.24) is 29.1 Å². The quantitative estimate of drug-likeness (QED) is 0.172. The Kier molecular flexibility index (Phi) is 7.38. The molecule has 6 heteroatoms. The maximum Gasteiger partial charge on any atom is 0.238 e. The lowest BCUT2D eigenvalue weighted by Crippen LogP contribution is -2.06. The number of para-hydroxylation sites is 3. The first-order chi connectivity index (χ1) is 27.8. The fourth-order valence-corrected chi connectivity index (χ4v) is 8.04. The van der Waals surface area contributed by atoms with E-state index in [9.17, 15) is 0 Å². The highest BCUT2D eigenvalue weighted by Gasteiger charge is 2.23. The molecular weight excluding hydrogens is 685 g/mol. The van der Waals surface area contributed by atoms with E-state index in [1.165, 1.54) is 5.39 Å². The Labute approximate surface area is 322 Å². The molecule has 0 atom stereocenters. The molecule has 56 heavy (non-hydrogen) atoms. The summed E-state index contributed by atoms with van der Waals surface area (Å²) in [5.41, 5.74) is 11.2. The van der Waals surface area contributed by atoms with Crippen LogP contribution in [-0.2, 0) is 0 Å². The van der Waals surface area contributed by atoms with Crippen molar-refractivity contribution in [3.8, 4) is 56.9 Å². The molecular formula is C50H32N6. The fourth-order valence-electron chi connectivity index (χ4n) is 8.04. The Morgan fingerprint density at radius 2 is 0.821 bits per heavy atom. The lowest BCUT2D eigenvalue weighted by atomic mass is 10.1. The molecule has 11 aromatic rings. The maximum atomic E-state index is 5.30. The molecule has 0 radical (unpaired) electrons. The number of aromatic nitrogens is 6. The summed E-state index contributed by atoms with van der Waals surface area (Å²) in [4.78, 5) is 20.6. The van der Waals surface area contributed by atoms with E-state index in [1.807, 2.05) is 48.5 Å². The van der Waals surface area contributed by atoms with Gasteiger partial charge in [-0.3, -0.25) is 4.57 Å². The lowest BCUT2D eigenvalue weighted by Gasteiger charge is -2.12. The number of rotatable bonds is 6. The van der Waals surface area contributed by atoms with Crippen LogP contribution in [0.15, 0.2) is 194 Å². The van der Waals surface area contributed by atoms with Crippen LogP contribution in [0.2, 0.25) is 0 Å². The topological polar surface area (TPSA) is 61.4 Å². The molecule has 4 heterocycles. The zero-order valence-corrected chi connectivity index (χ0v) is 30.2. The van der Waals surface area contributed by atoms with Crippen LogP contribution in [-0.4, -0.2) is 29.1 Å². The standard InChI is InChI=1S/C50H32N6/c1-4-15-33(16-5-1)41-23-14-24-42(51-41)34-27-29-36(30-28-34)49-52-48(35-17-6-2-7-18-35)53-50(54-49)56-43-25-12-10-21-38(43)39-31-32-45-46(47(39)56)40-22-11-13-26-44(40)55(45)37-19-8-3-9-20-37/h1-32H. The average molecular weight is 717 g/mol. The molecule has 0 unspecified atom stereocenters. The van der Waals surface area contributed by atoms with Gasteiger partial charge in [0.15, 0.2) is 11.6 Å². The lowest BCUT2D eigenvalue weighted by molar-refractivity contribution is 0.955. The SMILES string of the molecule is c1ccc(-c2cccc(-c3ccc(-c4nc(-c5ccccc5)nc(-n5c6ccccc6c6ccc7c(c8ccccc8n7-c7ccccc7)c65)n4)cc3)n2)cc1. The second-order valence-corrected chi connectivity index (χ2v) is 13.9. The third-order valence-corrected chi connectivity index (χ3v) is 10.6. The molecule has 0 bridgehead atoms. The molecule has 0 saturated carbocycles. The fraction of sp³-hybridized carbons (Fsp3) is 0. The van der Waals surface area contributed by atoms with Crippen molar-refractivity contribution in [3.05, 3.63) is 194 Å². The first kappa shape index (κ1) is 31.8. The number of benzene rings is 7. The van der Waals surface area contributed by atoms with E-state index in [4.69, 9.17) is 19.9 Å². The van der Waals surface area contributed by atoms with E-state index in [0.29, 0.717) is 17.6 Å². The molecule has 7 aromatic carbocycles. The van der Waals surface area contributed by atoms with Crippen LogP contribution in [0.25, 0.3) is 101 Å². The van der Waals surface area contributed by atoms with Crippen LogP contribution in [0.1, 0.15) is 0 Å². The van der Waals surface area contributed by atoms with Gasteiger partial charge in [0.05, 0.1) is 33.5 Å². The van der Waals surface area contributed by atoms with E-state index in [2.05, 4.69) is 155 Å². The summed E-state index contributed by atoms with van der Waals surface area (Å²) in [7, 11) is 0. The highest BCUT2D eigenvalue weighted by molar-refractivity contribution is 6.26. The van der Waals surface area contributed by atoms with E-state index < -0.39 is 0 Å². The number of nitrogens with zero attached hydrogens (tertiary/aromatic N) is 6. The largest absolute Gasteiger partial charge is 0.309 e. The third kappa shape index (κ3) is 5.19. The Hall–Kier alpha value is -7.70. The Morgan fingerprint density at radius 1 is 0.304 bits per heavy atom. The molecule has 0 aliphatic rings. The first-order valence-corrected chi connectivity index (χ1v) is 18.7. The Bertz CT molecular complexity index is 3220. The molecule has 0 N–H and O–H groups in total. The van der Waals surface area contributed by atoms with Crippen LogP contribution < -0.4 is 0 Å². The second kappa shape index (κ2) is 13.0. The minimum absolute atomic E-state index is 0.561. The predicted molar refractivity (Wildman–Crippen MR) is 228 cm³/mol. The molecule has 262 valence electrons. The molecule has 11 rings (SSSR count). The highest BCUT2D eigenvalue weighted by Crippen LogP contribution is 2.42. The van der Waals surface area contributed by atoms with Crippen molar-refractivity contribution in [2.45, 2.75) is 0 Å². The number of hydrogen-bond acceptors (Lipinski definition) is 4. The van der Waals surface area contributed by atoms with E-state index in [1.54, 1.807) is 0 Å². The number of pyridine rings is 1. The van der Waals surface area contributed by atoms with Gasteiger partial charge in [0, 0.05) is 49.5 Å². The van der Waals surface area contributed by atoms with Gasteiger partial charge in [0.25, 0.3) is 0 Å². The smallest absolute Gasteiger partial charge is 0.238 e. The van der Waals surface area contributed by atoms with Gasteiger partial charge in [0.2, 0.25) is 5.95 Å². The normalized spacial score (nSPS) is 11.6. The van der Waals surface area contributed by atoms with Crippen molar-refractivity contribution in [1.29, 1.82) is 0 Å². The minimum atomic E-state index is 0.561. The van der Waals surface area contributed by atoms with Gasteiger partial charge < -0.3 is 4.57 Å². The summed E-state index contributed by atoms with van der Waals surface area (Å²) in [6.45, 7) is 0. The van der Waals surface area contributed by atoms with Gasteiger partial charge in [0.1, 0.15) is 0 Å². The minimum Gasteiger partial charge on any atom is -0.309 e. The molecule has 0 fully saturated rings. The average Bonchev–Trinajstić information content (AvgIpc) is 3.80. The summed E-state index contributed by atoms with van der Waals surface area (Å²) in [6.07, 6.45) is 0. The van der Waals surface area contributed by atoms with Gasteiger partial charge in [-0.15, -0.1) is 0 Å². The van der Waals surface area contributed by atoms with Crippen molar-refractivity contribution >= 4 is 43.6 Å². The molecule has 6 nitrogen and oxygen atoms in total. The monoisotopic (exact) mass is 716 g/mol. The molecule has 0 amide bonds. The highest BCUT2D eigenvalue weighted by atomic mass is 15.2. The molecule has 4 aromatic heterocycles. The summed E-state index contributed by atoms with van der Waals surface area (Å²) in [6, 6.07) is 67.2. The van der Waals surface area contributed by atoms with Crippen LogP contribution in [0.4, 0.5) is 0 Å². The van der Waals surface area contributed by atoms with Crippen LogP contribution in [0.5, 0.6) is 0 Å². The van der Waals surface area contributed by atoms with Gasteiger partial charge in [-0.1, -0.05) is 152 Å². The summed E-state index contributed by atoms with van der Waals surface area (Å²) < 4.78 is 4.59. The summed E-state index contributed by atoms with van der Waals surface area (Å²) >= 11 is 0. The van der Waals surface area contributed by atoms with Gasteiger partial charge in [-0.25, -0.2) is 9.97 Å². The first-order valence-electron chi connectivity index (χ1n) is 18.7. The van der Waals surface area contributed by atoms with Gasteiger partial charge in [-0.2, -0.15) is 9.97 Å². The van der Waals surface area contributed by atoms with Crippen LogP contribution >= 0.6 is 0 Å². The second-order valence-electron chi connectivity index (χ2n) is 13.9.